The Morgan fingerprint density at radius 3 is 2.52 bits per heavy atom. The van der Waals surface area contributed by atoms with E-state index in [0.717, 1.165) is 11.6 Å². The van der Waals surface area contributed by atoms with Crippen molar-refractivity contribution in [3.63, 3.8) is 0 Å². The van der Waals surface area contributed by atoms with Gasteiger partial charge in [-0.05, 0) is 11.6 Å². The molecule has 21 heavy (non-hydrogen) atoms. The van der Waals surface area contributed by atoms with Crippen molar-refractivity contribution < 1.29 is 18.0 Å². The molecule has 1 unspecified atom stereocenters. The van der Waals surface area contributed by atoms with Crippen LogP contribution in [0.4, 0.5) is 18.0 Å². The van der Waals surface area contributed by atoms with Crippen LogP contribution in [0.2, 0.25) is 0 Å². The molecule has 1 aliphatic rings. The Hall–Kier alpha value is -2.49. The van der Waals surface area contributed by atoms with Gasteiger partial charge in [-0.25, -0.2) is 4.79 Å². The van der Waals surface area contributed by atoms with E-state index in [1.54, 1.807) is 30.3 Å². The molecule has 1 atom stereocenters. The monoisotopic (exact) mass is 295 g/mol. The van der Waals surface area contributed by atoms with Crippen molar-refractivity contribution in [1.82, 2.24) is 10.2 Å². The second kappa shape index (κ2) is 5.87. The highest BCUT2D eigenvalue weighted by atomic mass is 19.4. The minimum Gasteiger partial charge on any atom is -0.313 e. The zero-order chi connectivity index (χ0) is 15.5. The van der Waals surface area contributed by atoms with E-state index in [4.69, 9.17) is 5.26 Å². The number of hydrogen-bond acceptors (Lipinski definition) is 2. The number of carbonyl (C=O) groups is 1. The molecule has 7 heteroatoms. The minimum atomic E-state index is -4.64. The van der Waals surface area contributed by atoms with Crippen molar-refractivity contribution >= 4 is 6.03 Å². The largest absolute Gasteiger partial charge is 0.431 e. The molecular weight excluding hydrogens is 283 g/mol. The molecule has 0 aliphatic carbocycles. The smallest absolute Gasteiger partial charge is 0.313 e. The van der Waals surface area contributed by atoms with Crippen LogP contribution in [-0.4, -0.2) is 23.1 Å². The Balaban J connectivity index is 2.26. The van der Waals surface area contributed by atoms with E-state index < -0.39 is 23.9 Å². The highest BCUT2D eigenvalue weighted by Gasteiger charge is 2.40. The van der Waals surface area contributed by atoms with Crippen molar-refractivity contribution in [2.75, 3.05) is 0 Å². The second-order valence-electron chi connectivity index (χ2n) is 4.55. The third-order valence-corrected chi connectivity index (χ3v) is 3.06. The topological polar surface area (TPSA) is 56.1 Å². The maximum Gasteiger partial charge on any atom is 0.431 e. The van der Waals surface area contributed by atoms with Gasteiger partial charge in [0.25, 0.3) is 0 Å². The van der Waals surface area contributed by atoms with Gasteiger partial charge in [0, 0.05) is 6.54 Å². The third kappa shape index (κ3) is 3.54. The summed E-state index contributed by atoms with van der Waals surface area (Å²) in [5, 5.41) is 10.6. The van der Waals surface area contributed by atoms with Crippen LogP contribution in [0.3, 0.4) is 0 Å². The quantitative estimate of drug-likeness (QED) is 0.932. The van der Waals surface area contributed by atoms with E-state index in [9.17, 15) is 18.0 Å². The summed E-state index contributed by atoms with van der Waals surface area (Å²) in [7, 11) is 0. The van der Waals surface area contributed by atoms with Gasteiger partial charge in [-0.3, -0.25) is 0 Å². The van der Waals surface area contributed by atoms with Crippen molar-refractivity contribution in [3.8, 4) is 6.07 Å². The summed E-state index contributed by atoms with van der Waals surface area (Å²) in [5.41, 5.74) is -0.337. The Morgan fingerprint density at radius 1 is 1.29 bits per heavy atom. The lowest BCUT2D eigenvalue weighted by Crippen LogP contribution is -2.51. The zero-order valence-corrected chi connectivity index (χ0v) is 10.9. The Morgan fingerprint density at radius 2 is 1.95 bits per heavy atom. The molecule has 0 aromatic heterocycles. The number of rotatable bonds is 3. The number of carbonyl (C=O) groups excluding carboxylic acids is 1. The van der Waals surface area contributed by atoms with E-state index in [1.165, 1.54) is 4.90 Å². The molecule has 1 aromatic rings. The fourth-order valence-electron chi connectivity index (χ4n) is 2.06. The number of hydrogen-bond donors (Lipinski definition) is 1. The molecule has 0 saturated heterocycles. The molecule has 1 aromatic carbocycles. The van der Waals surface area contributed by atoms with Gasteiger partial charge in [-0.1, -0.05) is 30.3 Å². The first-order chi connectivity index (χ1) is 9.91. The van der Waals surface area contributed by atoms with Gasteiger partial charge in [-0.15, -0.1) is 0 Å². The number of benzene rings is 1. The molecule has 0 saturated carbocycles. The third-order valence-electron chi connectivity index (χ3n) is 3.06. The van der Waals surface area contributed by atoms with E-state index >= 15 is 0 Å². The molecule has 2 rings (SSSR count). The summed E-state index contributed by atoms with van der Waals surface area (Å²) in [4.78, 5) is 13.1. The van der Waals surface area contributed by atoms with Crippen molar-refractivity contribution in [2.24, 2.45) is 0 Å². The van der Waals surface area contributed by atoms with Gasteiger partial charge >= 0.3 is 12.2 Å². The predicted molar refractivity (Wildman–Crippen MR) is 68.7 cm³/mol. The normalized spacial score (nSPS) is 18.8. The van der Waals surface area contributed by atoms with E-state index in [0.29, 0.717) is 0 Å². The fourth-order valence-corrected chi connectivity index (χ4v) is 2.06. The van der Waals surface area contributed by atoms with Crippen LogP contribution in [0.5, 0.6) is 0 Å². The zero-order valence-electron chi connectivity index (χ0n) is 10.9. The van der Waals surface area contributed by atoms with Crippen molar-refractivity contribution in [2.45, 2.75) is 25.2 Å². The molecule has 4 nitrogen and oxygen atoms in total. The van der Waals surface area contributed by atoms with Crippen LogP contribution in [0.15, 0.2) is 42.1 Å². The fraction of sp³-hybridized carbons (Fsp3) is 0.286. The summed E-state index contributed by atoms with van der Waals surface area (Å²) in [6, 6.07) is 8.93. The minimum absolute atomic E-state index is 0.140. The van der Waals surface area contributed by atoms with E-state index in [2.05, 4.69) is 0 Å². The summed E-state index contributed by atoms with van der Waals surface area (Å²) in [6.45, 7) is 0.140. The predicted octanol–water partition coefficient (Wildman–Crippen LogP) is 2.94. The highest BCUT2D eigenvalue weighted by Crippen LogP contribution is 2.28. The molecule has 110 valence electrons. The van der Waals surface area contributed by atoms with Gasteiger partial charge in [0.05, 0.1) is 18.5 Å². The molecule has 2 amide bonds. The van der Waals surface area contributed by atoms with Gasteiger partial charge in [0.2, 0.25) is 0 Å². The number of urea groups is 1. The number of nitriles is 1. The Labute approximate surface area is 119 Å². The first-order valence-electron chi connectivity index (χ1n) is 6.19. The number of allylic oxidation sites excluding steroid dienone is 1. The summed E-state index contributed by atoms with van der Waals surface area (Å²) >= 11 is 0. The van der Waals surface area contributed by atoms with Crippen LogP contribution in [0.25, 0.3) is 0 Å². The van der Waals surface area contributed by atoms with Crippen LogP contribution in [0, 0.1) is 11.3 Å². The molecule has 1 heterocycles. The van der Waals surface area contributed by atoms with Gasteiger partial charge in [0.15, 0.2) is 0 Å². The van der Waals surface area contributed by atoms with Crippen LogP contribution in [0.1, 0.15) is 12.0 Å². The number of halogens is 3. The summed E-state index contributed by atoms with van der Waals surface area (Å²) in [6.07, 6.45) is -3.95. The standard InChI is InChI=1S/C14H12F3N3O/c15-14(16,17)12-8-11(6-7-18)20(13(21)19-12)9-10-4-2-1-3-5-10/h1-5,8,11H,6,9H2,(H,19,21). The van der Waals surface area contributed by atoms with Crippen molar-refractivity contribution in [1.29, 1.82) is 5.26 Å². The van der Waals surface area contributed by atoms with Crippen LogP contribution < -0.4 is 5.32 Å². The average molecular weight is 295 g/mol. The highest BCUT2D eigenvalue weighted by molar-refractivity contribution is 5.78. The average Bonchev–Trinajstić information content (AvgIpc) is 2.42. The van der Waals surface area contributed by atoms with Crippen LogP contribution >= 0.6 is 0 Å². The van der Waals surface area contributed by atoms with Gasteiger partial charge < -0.3 is 10.2 Å². The first-order valence-corrected chi connectivity index (χ1v) is 6.19. The molecule has 0 fully saturated rings. The lowest BCUT2D eigenvalue weighted by Gasteiger charge is -2.34. The van der Waals surface area contributed by atoms with E-state index in [-0.39, 0.29) is 13.0 Å². The Kier molecular flexibility index (Phi) is 4.17. The maximum absolute atomic E-state index is 12.7. The number of alkyl halides is 3. The Bertz CT molecular complexity index is 590. The lowest BCUT2D eigenvalue weighted by molar-refractivity contribution is -0.0975. The molecule has 1 aliphatic heterocycles. The molecule has 0 spiro atoms. The van der Waals surface area contributed by atoms with E-state index in [1.807, 2.05) is 11.4 Å². The molecular formula is C14H12F3N3O. The maximum atomic E-state index is 12.7. The molecule has 0 bridgehead atoms. The number of nitrogens with zero attached hydrogens (tertiary/aromatic N) is 2. The molecule has 0 radical (unpaired) electrons. The summed E-state index contributed by atoms with van der Waals surface area (Å²) in [5.74, 6) is 0. The van der Waals surface area contributed by atoms with Gasteiger partial charge in [0.1, 0.15) is 5.70 Å². The lowest BCUT2D eigenvalue weighted by atomic mass is 10.1. The molecule has 1 N–H and O–H groups in total. The van der Waals surface area contributed by atoms with Gasteiger partial charge in [-0.2, -0.15) is 18.4 Å². The summed E-state index contributed by atoms with van der Waals surface area (Å²) < 4.78 is 38.1. The van der Waals surface area contributed by atoms with Crippen molar-refractivity contribution in [3.05, 3.63) is 47.7 Å². The van der Waals surface area contributed by atoms with Crippen LogP contribution in [-0.2, 0) is 6.54 Å². The number of nitrogens with one attached hydrogen (secondary N) is 1. The first kappa shape index (κ1) is 14.9. The second-order valence-corrected chi connectivity index (χ2v) is 4.55. The SMILES string of the molecule is N#CCC1C=C(C(F)(F)F)NC(=O)N1Cc1ccccc1. The number of amides is 2.